The van der Waals surface area contributed by atoms with Crippen molar-refractivity contribution in [3.05, 3.63) is 42.2 Å². The summed E-state index contributed by atoms with van der Waals surface area (Å²) >= 11 is 1.60. The van der Waals surface area contributed by atoms with E-state index in [0.29, 0.717) is 0 Å². The Morgan fingerprint density at radius 1 is 1.47 bits per heavy atom. The molecule has 0 aliphatic rings. The lowest BCUT2D eigenvalue weighted by molar-refractivity contribution is 0.407. The first-order chi connectivity index (χ1) is 8.31. The molecule has 17 heavy (non-hydrogen) atoms. The summed E-state index contributed by atoms with van der Waals surface area (Å²) < 4.78 is 5.29. The molecule has 0 aliphatic heterocycles. The second-order valence-electron chi connectivity index (χ2n) is 3.55. The van der Waals surface area contributed by atoms with Gasteiger partial charge >= 0.3 is 0 Å². The Kier molecular flexibility index (Phi) is 4.06. The maximum Gasteiger partial charge on any atom is 0.165 e. The third-order valence-electron chi connectivity index (χ3n) is 2.41. The van der Waals surface area contributed by atoms with Gasteiger partial charge in [-0.2, -0.15) is 0 Å². The van der Waals surface area contributed by atoms with Crippen LogP contribution in [0.1, 0.15) is 11.6 Å². The molecule has 1 unspecified atom stereocenters. The van der Waals surface area contributed by atoms with Gasteiger partial charge in [-0.25, -0.2) is 4.98 Å². The number of rotatable bonds is 5. The average molecular weight is 249 g/mol. The minimum absolute atomic E-state index is 0.0683. The second-order valence-corrected chi connectivity index (χ2v) is 4.56. The molecule has 4 nitrogen and oxygen atoms in total. The number of hydrogen-bond acceptors (Lipinski definition) is 4. The Morgan fingerprint density at radius 3 is 3.00 bits per heavy atom. The normalized spacial score (nSPS) is 12.4. The van der Waals surface area contributed by atoms with Crippen LogP contribution in [0.15, 0.2) is 41.8 Å². The molecule has 1 aromatic heterocycles. The van der Waals surface area contributed by atoms with Gasteiger partial charge in [-0.05, 0) is 6.07 Å². The quantitative estimate of drug-likeness (QED) is 0.797. The lowest BCUT2D eigenvalue weighted by Crippen LogP contribution is -2.14. The van der Waals surface area contributed by atoms with E-state index in [1.54, 1.807) is 31.3 Å². The summed E-state index contributed by atoms with van der Waals surface area (Å²) in [7, 11) is 1.66. The van der Waals surface area contributed by atoms with Gasteiger partial charge in [0.1, 0.15) is 5.75 Å². The van der Waals surface area contributed by atoms with Gasteiger partial charge < -0.3 is 15.5 Å². The van der Waals surface area contributed by atoms with Crippen LogP contribution in [-0.2, 0) is 0 Å². The zero-order valence-electron chi connectivity index (χ0n) is 9.59. The number of methoxy groups -OCH3 is 1. The molecule has 0 radical (unpaired) electrons. The number of nitrogens with zero attached hydrogens (tertiary/aromatic N) is 1. The van der Waals surface area contributed by atoms with Crippen LogP contribution in [0.2, 0.25) is 0 Å². The van der Waals surface area contributed by atoms with E-state index in [0.717, 1.165) is 22.2 Å². The molecule has 5 heteroatoms. The standard InChI is InChI=1S/C12H15N3OS/c1-16-11-5-3-2-4-9(11)10(13)8-17-12-14-6-7-15-12/h2-7,10H,8,13H2,1H3,(H,14,15). The molecule has 0 saturated heterocycles. The van der Waals surface area contributed by atoms with Gasteiger partial charge in [-0.15, -0.1) is 0 Å². The zero-order chi connectivity index (χ0) is 12.1. The average Bonchev–Trinajstić information content (AvgIpc) is 2.89. The molecular formula is C12H15N3OS. The summed E-state index contributed by atoms with van der Waals surface area (Å²) in [6.07, 6.45) is 3.54. The van der Waals surface area contributed by atoms with Crippen LogP contribution >= 0.6 is 11.8 Å². The first-order valence-electron chi connectivity index (χ1n) is 5.32. The Labute approximate surface area is 105 Å². The van der Waals surface area contributed by atoms with Gasteiger partial charge in [0.15, 0.2) is 5.16 Å². The number of thioether (sulfide) groups is 1. The number of aromatic nitrogens is 2. The van der Waals surface area contributed by atoms with E-state index < -0.39 is 0 Å². The van der Waals surface area contributed by atoms with Crippen molar-refractivity contribution < 1.29 is 4.74 Å². The maximum atomic E-state index is 6.15. The predicted molar refractivity (Wildman–Crippen MR) is 69.2 cm³/mol. The van der Waals surface area contributed by atoms with Crippen molar-refractivity contribution >= 4 is 11.8 Å². The van der Waals surface area contributed by atoms with Crippen LogP contribution in [0.4, 0.5) is 0 Å². The molecule has 0 aliphatic carbocycles. The van der Waals surface area contributed by atoms with Crippen molar-refractivity contribution in [1.29, 1.82) is 0 Å². The third-order valence-corrected chi connectivity index (χ3v) is 3.43. The van der Waals surface area contributed by atoms with E-state index >= 15 is 0 Å². The fourth-order valence-electron chi connectivity index (χ4n) is 1.56. The maximum absolute atomic E-state index is 6.15. The van der Waals surface area contributed by atoms with E-state index in [2.05, 4.69) is 9.97 Å². The third kappa shape index (κ3) is 3.01. The highest BCUT2D eigenvalue weighted by Crippen LogP contribution is 2.27. The summed E-state index contributed by atoms with van der Waals surface area (Å²) in [6.45, 7) is 0. The van der Waals surface area contributed by atoms with Gasteiger partial charge in [-0.3, -0.25) is 0 Å². The van der Waals surface area contributed by atoms with Crippen LogP contribution in [0.3, 0.4) is 0 Å². The largest absolute Gasteiger partial charge is 0.496 e. The molecular weight excluding hydrogens is 234 g/mol. The number of hydrogen-bond donors (Lipinski definition) is 2. The van der Waals surface area contributed by atoms with Gasteiger partial charge in [0.2, 0.25) is 0 Å². The first kappa shape index (κ1) is 12.0. The highest BCUT2D eigenvalue weighted by atomic mass is 32.2. The van der Waals surface area contributed by atoms with Crippen molar-refractivity contribution in [3.8, 4) is 5.75 Å². The van der Waals surface area contributed by atoms with Gasteiger partial charge in [0, 0.05) is 29.8 Å². The van der Waals surface area contributed by atoms with E-state index in [1.807, 2.05) is 24.3 Å². The number of H-pyrrole nitrogens is 1. The lowest BCUT2D eigenvalue weighted by Gasteiger charge is -2.14. The summed E-state index contributed by atoms with van der Waals surface area (Å²) in [6, 6.07) is 7.75. The first-order valence-corrected chi connectivity index (χ1v) is 6.30. The van der Waals surface area contributed by atoms with Crippen LogP contribution in [0, 0.1) is 0 Å². The smallest absolute Gasteiger partial charge is 0.165 e. The number of nitrogens with two attached hydrogens (primary N) is 1. The number of nitrogens with one attached hydrogen (secondary N) is 1. The molecule has 1 heterocycles. The van der Waals surface area contributed by atoms with E-state index in [1.165, 1.54) is 0 Å². The number of benzene rings is 1. The zero-order valence-corrected chi connectivity index (χ0v) is 10.4. The Hall–Kier alpha value is -1.46. The molecule has 3 N–H and O–H groups in total. The fourth-order valence-corrected chi connectivity index (χ4v) is 2.36. The molecule has 0 saturated carbocycles. The molecule has 1 aromatic carbocycles. The number of ether oxygens (including phenoxy) is 1. The molecule has 0 bridgehead atoms. The van der Waals surface area contributed by atoms with Crippen molar-refractivity contribution in [1.82, 2.24) is 9.97 Å². The summed E-state index contributed by atoms with van der Waals surface area (Å²) in [5.74, 6) is 1.59. The van der Waals surface area contributed by atoms with Crippen LogP contribution < -0.4 is 10.5 Å². The Morgan fingerprint density at radius 2 is 2.29 bits per heavy atom. The topological polar surface area (TPSA) is 63.9 Å². The molecule has 0 amide bonds. The fraction of sp³-hybridized carbons (Fsp3) is 0.250. The highest BCUT2D eigenvalue weighted by Gasteiger charge is 2.12. The number of aromatic amines is 1. The van der Waals surface area contributed by atoms with Crippen molar-refractivity contribution in [2.45, 2.75) is 11.2 Å². The predicted octanol–water partition coefficient (Wildman–Crippen LogP) is 2.21. The second kappa shape index (κ2) is 5.75. The Bertz CT molecular complexity index is 459. The highest BCUT2D eigenvalue weighted by molar-refractivity contribution is 7.99. The minimum atomic E-state index is -0.0683. The molecule has 2 aromatic rings. The van der Waals surface area contributed by atoms with Gasteiger partial charge in [0.05, 0.1) is 7.11 Å². The molecule has 1 atom stereocenters. The van der Waals surface area contributed by atoms with Crippen molar-refractivity contribution in [2.24, 2.45) is 5.73 Å². The molecule has 2 rings (SSSR count). The van der Waals surface area contributed by atoms with E-state index in [4.69, 9.17) is 10.5 Å². The minimum Gasteiger partial charge on any atom is -0.496 e. The van der Waals surface area contributed by atoms with Crippen molar-refractivity contribution in [2.75, 3.05) is 12.9 Å². The molecule has 90 valence electrons. The number of imidazole rings is 1. The van der Waals surface area contributed by atoms with Crippen LogP contribution in [-0.4, -0.2) is 22.8 Å². The summed E-state index contributed by atoms with van der Waals surface area (Å²) in [5, 5.41) is 0.885. The monoisotopic (exact) mass is 249 g/mol. The molecule has 0 fully saturated rings. The van der Waals surface area contributed by atoms with E-state index in [-0.39, 0.29) is 6.04 Å². The van der Waals surface area contributed by atoms with Gasteiger partial charge in [-0.1, -0.05) is 30.0 Å². The lowest BCUT2D eigenvalue weighted by atomic mass is 10.1. The van der Waals surface area contributed by atoms with Crippen LogP contribution in [0.5, 0.6) is 5.75 Å². The summed E-state index contributed by atoms with van der Waals surface area (Å²) in [5.41, 5.74) is 7.17. The SMILES string of the molecule is COc1ccccc1C(N)CSc1ncc[nH]1. The summed E-state index contributed by atoms with van der Waals surface area (Å²) in [4.78, 5) is 7.18. The van der Waals surface area contributed by atoms with Gasteiger partial charge in [0.25, 0.3) is 0 Å². The molecule has 0 spiro atoms. The van der Waals surface area contributed by atoms with Crippen LogP contribution in [0.25, 0.3) is 0 Å². The Balaban J connectivity index is 2.01. The van der Waals surface area contributed by atoms with Crippen molar-refractivity contribution in [3.63, 3.8) is 0 Å². The van der Waals surface area contributed by atoms with E-state index in [9.17, 15) is 0 Å². The number of para-hydroxylation sites is 1.